The van der Waals surface area contributed by atoms with E-state index in [-0.39, 0.29) is 0 Å². The van der Waals surface area contributed by atoms with E-state index < -0.39 is 0 Å². The van der Waals surface area contributed by atoms with E-state index >= 15 is 0 Å². The number of allylic oxidation sites excluding steroid dienone is 2. The van der Waals surface area contributed by atoms with E-state index in [0.29, 0.717) is 18.2 Å². The lowest BCUT2D eigenvalue weighted by molar-refractivity contribution is -0.145. The summed E-state index contributed by atoms with van der Waals surface area (Å²) in [5.74, 6) is 1.47. The summed E-state index contributed by atoms with van der Waals surface area (Å²) in [4.78, 5) is 5.32. The summed E-state index contributed by atoms with van der Waals surface area (Å²) in [5.41, 5.74) is 0. The molecule has 2 aliphatic heterocycles. The first-order valence-corrected chi connectivity index (χ1v) is 10.7. The molecular weight excluding hydrogens is 324 g/mol. The number of hydrogen-bond donors (Lipinski definition) is 1. The summed E-state index contributed by atoms with van der Waals surface area (Å²) in [7, 11) is 3.63. The van der Waals surface area contributed by atoms with Crippen LogP contribution in [0.3, 0.4) is 0 Å². The summed E-state index contributed by atoms with van der Waals surface area (Å²) < 4.78 is 5.48. The van der Waals surface area contributed by atoms with Crippen LogP contribution in [0.25, 0.3) is 0 Å². The van der Waals surface area contributed by atoms with Crippen molar-refractivity contribution >= 4 is 0 Å². The normalized spacial score (nSPS) is 35.5. The minimum absolute atomic E-state index is 0.498. The van der Waals surface area contributed by atoms with Crippen molar-refractivity contribution in [3.8, 4) is 0 Å². The molecule has 3 aliphatic rings. The van der Waals surface area contributed by atoms with E-state index in [0.717, 1.165) is 24.9 Å². The summed E-state index contributed by atoms with van der Waals surface area (Å²) >= 11 is 0. The number of piperidine rings is 2. The lowest BCUT2D eigenvalue weighted by Gasteiger charge is -2.30. The third kappa shape index (κ3) is 6.19. The zero-order valence-electron chi connectivity index (χ0n) is 16.7. The van der Waals surface area contributed by atoms with Crippen LogP contribution >= 0.6 is 0 Å². The van der Waals surface area contributed by atoms with Crippen LogP contribution < -0.4 is 5.32 Å². The van der Waals surface area contributed by atoms with Gasteiger partial charge in [0.05, 0.1) is 13.2 Å². The maximum Gasteiger partial charge on any atom is 0.0575 e. The van der Waals surface area contributed by atoms with Crippen molar-refractivity contribution in [2.24, 2.45) is 11.8 Å². The maximum absolute atomic E-state index is 5.48. The molecule has 2 unspecified atom stereocenters. The molecule has 0 bridgehead atoms. The van der Waals surface area contributed by atoms with E-state index in [1.165, 1.54) is 57.8 Å². The Hall–Kier alpha value is -0.680. The lowest BCUT2D eigenvalue weighted by Crippen LogP contribution is -2.40. The molecular formula is C22H38N2O2. The summed E-state index contributed by atoms with van der Waals surface area (Å²) in [6, 6.07) is 1.09. The average Bonchev–Trinajstić information content (AvgIpc) is 2.72. The fraction of sp³-hybridized carbons (Fsp3) is 0.818. The molecule has 2 atom stereocenters. The standard InChI is InChI=1S/C22H38N2O2/c1-25-22-12-8-18(9-13-22)6-10-20-4-3-5-21(23-20)11-7-19-14-16-24(26-2)17-15-19/h6-7,10-11,18-23H,3-5,8-9,12-17H2,1-2H3/b10-6+,11-7+. The zero-order chi connectivity index (χ0) is 18.2. The first-order chi connectivity index (χ1) is 12.8. The Balaban J connectivity index is 1.40. The van der Waals surface area contributed by atoms with Gasteiger partial charge in [0.1, 0.15) is 0 Å². The van der Waals surface area contributed by atoms with Gasteiger partial charge in [-0.15, -0.1) is 0 Å². The third-order valence-electron chi connectivity index (χ3n) is 6.50. The SMILES string of the molecule is COC1CCC(/C=C/C2CCCC(/C=C/C3CCN(OC)CC3)N2)CC1. The largest absolute Gasteiger partial charge is 0.381 e. The second kappa shape index (κ2) is 10.6. The highest BCUT2D eigenvalue weighted by Gasteiger charge is 2.21. The fourth-order valence-electron chi connectivity index (χ4n) is 4.65. The molecule has 3 fully saturated rings. The van der Waals surface area contributed by atoms with Gasteiger partial charge in [0.2, 0.25) is 0 Å². The van der Waals surface area contributed by atoms with Crippen LogP contribution in [0.15, 0.2) is 24.3 Å². The van der Waals surface area contributed by atoms with Gasteiger partial charge in [-0.05, 0) is 69.6 Å². The molecule has 148 valence electrons. The van der Waals surface area contributed by atoms with Gasteiger partial charge in [-0.25, -0.2) is 0 Å². The quantitative estimate of drug-likeness (QED) is 0.722. The number of nitrogens with one attached hydrogen (secondary N) is 1. The second-order valence-corrected chi connectivity index (χ2v) is 8.30. The molecule has 0 aromatic rings. The predicted octanol–water partition coefficient (Wildman–Crippen LogP) is 4.09. The van der Waals surface area contributed by atoms with E-state index in [1.807, 2.05) is 7.11 Å². The first-order valence-electron chi connectivity index (χ1n) is 10.7. The van der Waals surface area contributed by atoms with Crippen LogP contribution in [0.5, 0.6) is 0 Å². The van der Waals surface area contributed by atoms with Gasteiger partial charge in [-0.3, -0.25) is 0 Å². The minimum Gasteiger partial charge on any atom is -0.381 e. The predicted molar refractivity (Wildman–Crippen MR) is 107 cm³/mol. The Bertz CT molecular complexity index is 409. The van der Waals surface area contributed by atoms with Crippen molar-refractivity contribution in [2.75, 3.05) is 27.3 Å². The van der Waals surface area contributed by atoms with Crippen molar-refractivity contribution in [3.05, 3.63) is 24.3 Å². The fourth-order valence-corrected chi connectivity index (χ4v) is 4.65. The Labute approximate surface area is 159 Å². The van der Waals surface area contributed by atoms with Crippen LogP contribution in [0.1, 0.15) is 57.8 Å². The van der Waals surface area contributed by atoms with E-state index in [9.17, 15) is 0 Å². The van der Waals surface area contributed by atoms with Crippen molar-refractivity contribution in [1.82, 2.24) is 10.4 Å². The van der Waals surface area contributed by atoms with Crippen molar-refractivity contribution < 1.29 is 9.57 Å². The Morgan fingerprint density at radius 1 is 0.731 bits per heavy atom. The zero-order valence-corrected chi connectivity index (χ0v) is 16.7. The van der Waals surface area contributed by atoms with Gasteiger partial charge in [0.25, 0.3) is 0 Å². The molecule has 26 heavy (non-hydrogen) atoms. The Morgan fingerprint density at radius 2 is 1.31 bits per heavy atom. The molecule has 0 spiro atoms. The Morgan fingerprint density at radius 3 is 1.85 bits per heavy atom. The number of methoxy groups -OCH3 is 1. The molecule has 3 rings (SSSR count). The van der Waals surface area contributed by atoms with Gasteiger partial charge in [-0.1, -0.05) is 24.3 Å². The monoisotopic (exact) mass is 362 g/mol. The van der Waals surface area contributed by atoms with E-state index in [4.69, 9.17) is 9.57 Å². The lowest BCUT2D eigenvalue weighted by atomic mass is 9.86. The van der Waals surface area contributed by atoms with Crippen LogP contribution in [-0.2, 0) is 9.57 Å². The molecule has 2 heterocycles. The average molecular weight is 363 g/mol. The smallest absolute Gasteiger partial charge is 0.0575 e. The second-order valence-electron chi connectivity index (χ2n) is 8.30. The molecule has 4 nitrogen and oxygen atoms in total. The molecule has 0 aromatic heterocycles. The van der Waals surface area contributed by atoms with Crippen molar-refractivity contribution in [1.29, 1.82) is 0 Å². The van der Waals surface area contributed by atoms with E-state index in [1.54, 1.807) is 7.11 Å². The van der Waals surface area contributed by atoms with Crippen molar-refractivity contribution in [3.63, 3.8) is 0 Å². The molecule has 1 saturated carbocycles. The van der Waals surface area contributed by atoms with Crippen molar-refractivity contribution in [2.45, 2.75) is 76.0 Å². The Kier molecular flexibility index (Phi) is 8.18. The minimum atomic E-state index is 0.498. The molecule has 0 amide bonds. The number of rotatable bonds is 6. The van der Waals surface area contributed by atoms with Crippen LogP contribution in [0, 0.1) is 11.8 Å². The van der Waals surface area contributed by atoms with Crippen LogP contribution in [0.4, 0.5) is 0 Å². The first kappa shape index (κ1) is 20.1. The molecule has 1 aliphatic carbocycles. The number of nitrogens with zero attached hydrogens (tertiary/aromatic N) is 1. The molecule has 2 saturated heterocycles. The molecule has 4 heteroatoms. The van der Waals surface area contributed by atoms with Crippen LogP contribution in [-0.4, -0.2) is 50.6 Å². The molecule has 1 N–H and O–H groups in total. The highest BCUT2D eigenvalue weighted by molar-refractivity contribution is 5.05. The highest BCUT2D eigenvalue weighted by Crippen LogP contribution is 2.27. The number of hydroxylamine groups is 2. The summed E-state index contributed by atoms with van der Waals surface area (Å²) in [6.45, 7) is 2.11. The van der Waals surface area contributed by atoms with Gasteiger partial charge >= 0.3 is 0 Å². The van der Waals surface area contributed by atoms with E-state index in [2.05, 4.69) is 34.7 Å². The van der Waals surface area contributed by atoms with Gasteiger partial charge in [0, 0.05) is 32.3 Å². The van der Waals surface area contributed by atoms with Gasteiger partial charge < -0.3 is 14.9 Å². The maximum atomic E-state index is 5.48. The summed E-state index contributed by atoms with van der Waals surface area (Å²) in [6.07, 6.45) is 21.6. The highest BCUT2D eigenvalue weighted by atomic mass is 16.7. The molecule has 0 radical (unpaired) electrons. The number of ether oxygens (including phenoxy) is 1. The van der Waals surface area contributed by atoms with Crippen LogP contribution in [0.2, 0.25) is 0 Å². The molecule has 0 aromatic carbocycles. The van der Waals surface area contributed by atoms with Gasteiger partial charge in [-0.2, -0.15) is 5.06 Å². The topological polar surface area (TPSA) is 33.7 Å². The summed E-state index contributed by atoms with van der Waals surface area (Å²) in [5, 5.41) is 5.91. The van der Waals surface area contributed by atoms with Gasteiger partial charge in [0.15, 0.2) is 0 Å². The number of hydrogen-bond acceptors (Lipinski definition) is 4. The third-order valence-corrected chi connectivity index (χ3v) is 6.50.